The van der Waals surface area contributed by atoms with Crippen LogP contribution in [0.3, 0.4) is 0 Å². The van der Waals surface area contributed by atoms with E-state index in [4.69, 9.17) is 11.6 Å². The Bertz CT molecular complexity index is 1180. The molecule has 3 aromatic rings. The molecule has 1 amide bonds. The van der Waals surface area contributed by atoms with Crippen LogP contribution in [0.15, 0.2) is 46.0 Å². The van der Waals surface area contributed by atoms with Crippen molar-refractivity contribution in [2.45, 2.75) is 0 Å². The number of benzene rings is 2. The zero-order valence-electron chi connectivity index (χ0n) is 15.4. The molecule has 1 aromatic heterocycles. The fourth-order valence-electron chi connectivity index (χ4n) is 2.91. The smallest absolute Gasteiger partial charge is 0.316 e. The maximum absolute atomic E-state index is 12.7. The molecule has 0 bridgehead atoms. The van der Waals surface area contributed by atoms with Gasteiger partial charge < -0.3 is 19.4 Å². The fraction of sp³-hybridized carbons (Fsp3) is 0.211. The largest absolute Gasteiger partial charge is 0.376 e. The van der Waals surface area contributed by atoms with Crippen molar-refractivity contribution in [3.63, 3.8) is 0 Å². The van der Waals surface area contributed by atoms with Gasteiger partial charge in [0.1, 0.15) is 0 Å². The number of anilines is 2. The van der Waals surface area contributed by atoms with Gasteiger partial charge in [0.2, 0.25) is 0 Å². The summed E-state index contributed by atoms with van der Waals surface area (Å²) in [6.45, 7) is 0. The number of amides is 1. The highest BCUT2D eigenvalue weighted by atomic mass is 35.5. The number of aryl methyl sites for hydroxylation is 2. The number of carbonyl (C=O) groups is 1. The van der Waals surface area contributed by atoms with Gasteiger partial charge in [-0.2, -0.15) is 0 Å². The van der Waals surface area contributed by atoms with Gasteiger partial charge in [-0.25, -0.2) is 0 Å². The van der Waals surface area contributed by atoms with Crippen molar-refractivity contribution in [1.29, 1.82) is 0 Å². The second kappa shape index (κ2) is 6.92. The number of halogens is 1. The lowest BCUT2D eigenvalue weighted by Gasteiger charge is -2.21. The summed E-state index contributed by atoms with van der Waals surface area (Å²) in [4.78, 5) is 38.7. The summed E-state index contributed by atoms with van der Waals surface area (Å²) in [5.74, 6) is -0.363. The second-order valence-corrected chi connectivity index (χ2v) is 6.82. The molecule has 140 valence electrons. The number of nitrogens with one attached hydrogen (secondary N) is 1. The van der Waals surface area contributed by atoms with Gasteiger partial charge in [0.25, 0.3) is 5.91 Å². The van der Waals surface area contributed by atoms with Crippen molar-refractivity contribution in [2.24, 2.45) is 14.1 Å². The van der Waals surface area contributed by atoms with Crippen molar-refractivity contribution in [3.05, 3.63) is 67.7 Å². The zero-order valence-corrected chi connectivity index (χ0v) is 16.2. The summed E-state index contributed by atoms with van der Waals surface area (Å²) in [5.41, 5.74) is 1.41. The summed E-state index contributed by atoms with van der Waals surface area (Å²) in [6.07, 6.45) is 0. The monoisotopic (exact) mass is 386 g/mol. The van der Waals surface area contributed by atoms with E-state index in [-0.39, 0.29) is 5.91 Å². The normalized spacial score (nSPS) is 10.9. The molecule has 0 spiro atoms. The van der Waals surface area contributed by atoms with Crippen LogP contribution in [0, 0.1) is 0 Å². The van der Waals surface area contributed by atoms with Crippen molar-refractivity contribution < 1.29 is 4.79 Å². The van der Waals surface area contributed by atoms with E-state index in [0.29, 0.717) is 33.0 Å². The van der Waals surface area contributed by atoms with Crippen LogP contribution in [0.2, 0.25) is 5.02 Å². The molecule has 0 radical (unpaired) electrons. The quantitative estimate of drug-likeness (QED) is 0.700. The third-order valence-electron chi connectivity index (χ3n) is 4.46. The number of fused-ring (bicyclic) bond motifs is 1. The number of hydrogen-bond acceptors (Lipinski definition) is 4. The molecule has 0 aliphatic carbocycles. The van der Waals surface area contributed by atoms with Crippen LogP contribution in [0.25, 0.3) is 11.0 Å². The predicted molar refractivity (Wildman–Crippen MR) is 108 cm³/mol. The molecule has 8 heteroatoms. The van der Waals surface area contributed by atoms with Crippen molar-refractivity contribution in [1.82, 2.24) is 9.13 Å². The van der Waals surface area contributed by atoms with Crippen LogP contribution in [-0.2, 0) is 14.1 Å². The number of hydrogen-bond donors (Lipinski definition) is 1. The van der Waals surface area contributed by atoms with E-state index in [1.54, 1.807) is 43.4 Å². The molecule has 7 nitrogen and oxygen atoms in total. The van der Waals surface area contributed by atoms with Gasteiger partial charge in [0.15, 0.2) is 0 Å². The first-order valence-electron chi connectivity index (χ1n) is 8.19. The van der Waals surface area contributed by atoms with E-state index < -0.39 is 11.1 Å². The highest BCUT2D eigenvalue weighted by molar-refractivity contribution is 6.34. The zero-order chi connectivity index (χ0) is 19.9. The fourth-order valence-corrected chi connectivity index (χ4v) is 3.14. The number of rotatable bonds is 3. The minimum atomic E-state index is -0.633. The Morgan fingerprint density at radius 1 is 1.00 bits per heavy atom. The molecule has 0 saturated carbocycles. The first-order chi connectivity index (χ1) is 12.7. The first-order valence-corrected chi connectivity index (χ1v) is 8.57. The maximum Gasteiger partial charge on any atom is 0.316 e. The standard InChI is InChI=1S/C19H19ClN4O3/c1-22(2)14-10-16-15(23(3)18(26)19(27)24(16)4)9-13(14)21-17(25)11-7-5-6-8-12(11)20/h5-10H,1-4H3,(H,21,25). The van der Waals surface area contributed by atoms with E-state index in [9.17, 15) is 14.4 Å². The molecule has 0 aliphatic rings. The molecule has 1 N–H and O–H groups in total. The Hall–Kier alpha value is -3.06. The average molecular weight is 387 g/mol. The third kappa shape index (κ3) is 3.21. The molecule has 0 aliphatic heterocycles. The highest BCUT2D eigenvalue weighted by Gasteiger charge is 2.17. The van der Waals surface area contributed by atoms with Crippen LogP contribution < -0.4 is 21.3 Å². The van der Waals surface area contributed by atoms with Crippen molar-refractivity contribution >= 4 is 39.9 Å². The topological polar surface area (TPSA) is 76.3 Å². The molecule has 1 heterocycles. The molecule has 3 rings (SSSR count). The van der Waals surface area contributed by atoms with E-state index in [0.717, 1.165) is 0 Å². The summed E-state index contributed by atoms with van der Waals surface area (Å²) in [7, 11) is 6.73. The molecule has 2 aromatic carbocycles. The predicted octanol–water partition coefficient (Wildman–Crippen LogP) is 2.21. The van der Waals surface area contributed by atoms with Gasteiger partial charge in [0, 0.05) is 28.2 Å². The van der Waals surface area contributed by atoms with Gasteiger partial charge in [-0.1, -0.05) is 23.7 Å². The first kappa shape index (κ1) is 18.7. The summed E-state index contributed by atoms with van der Waals surface area (Å²) < 4.78 is 2.59. The van der Waals surface area contributed by atoms with Gasteiger partial charge in [-0.05, 0) is 24.3 Å². The molecular weight excluding hydrogens is 368 g/mol. The Labute approximate surface area is 160 Å². The summed E-state index contributed by atoms with van der Waals surface area (Å²) in [6, 6.07) is 10.2. The molecule has 0 atom stereocenters. The number of aromatic nitrogens is 2. The highest BCUT2D eigenvalue weighted by Crippen LogP contribution is 2.30. The lowest BCUT2D eigenvalue weighted by molar-refractivity contribution is 0.102. The van der Waals surface area contributed by atoms with Crippen molar-refractivity contribution in [3.8, 4) is 0 Å². The van der Waals surface area contributed by atoms with Crippen LogP contribution in [0.5, 0.6) is 0 Å². The Kier molecular flexibility index (Phi) is 4.80. The molecular formula is C19H19ClN4O3. The van der Waals surface area contributed by atoms with Crippen LogP contribution >= 0.6 is 11.6 Å². The van der Waals surface area contributed by atoms with Crippen LogP contribution in [0.4, 0.5) is 11.4 Å². The number of carbonyl (C=O) groups excluding carboxylic acids is 1. The Balaban J connectivity index is 2.22. The van der Waals surface area contributed by atoms with Gasteiger partial charge >= 0.3 is 11.1 Å². The van der Waals surface area contributed by atoms with E-state index in [2.05, 4.69) is 5.32 Å². The minimum absolute atomic E-state index is 0.344. The minimum Gasteiger partial charge on any atom is -0.376 e. The lowest BCUT2D eigenvalue weighted by atomic mass is 10.1. The third-order valence-corrected chi connectivity index (χ3v) is 4.79. The Morgan fingerprint density at radius 3 is 2.11 bits per heavy atom. The van der Waals surface area contributed by atoms with E-state index in [1.807, 2.05) is 19.0 Å². The van der Waals surface area contributed by atoms with Crippen LogP contribution in [-0.4, -0.2) is 29.1 Å². The van der Waals surface area contributed by atoms with E-state index in [1.165, 1.54) is 16.2 Å². The second-order valence-electron chi connectivity index (χ2n) is 6.41. The number of nitrogens with zero attached hydrogens (tertiary/aromatic N) is 3. The lowest BCUT2D eigenvalue weighted by Crippen LogP contribution is -2.39. The van der Waals surface area contributed by atoms with Crippen LogP contribution in [0.1, 0.15) is 10.4 Å². The van der Waals surface area contributed by atoms with E-state index >= 15 is 0 Å². The maximum atomic E-state index is 12.7. The molecule has 0 saturated heterocycles. The SMILES string of the molecule is CN(C)c1cc2c(cc1NC(=O)c1ccccc1Cl)n(C)c(=O)c(=O)n2C. The Morgan fingerprint density at radius 2 is 1.56 bits per heavy atom. The van der Waals surface area contributed by atoms with Gasteiger partial charge in [0.05, 0.1) is 33.0 Å². The summed E-state index contributed by atoms with van der Waals surface area (Å²) in [5, 5.41) is 3.20. The molecule has 27 heavy (non-hydrogen) atoms. The van der Waals surface area contributed by atoms with Gasteiger partial charge in [-0.15, -0.1) is 0 Å². The molecule has 0 unspecified atom stereocenters. The van der Waals surface area contributed by atoms with Gasteiger partial charge in [-0.3, -0.25) is 14.4 Å². The summed E-state index contributed by atoms with van der Waals surface area (Å²) >= 11 is 6.11. The average Bonchev–Trinajstić information content (AvgIpc) is 2.64. The molecule has 0 fully saturated rings. The van der Waals surface area contributed by atoms with Crippen molar-refractivity contribution in [2.75, 3.05) is 24.3 Å².